The number of carbonyl (C=O) groups is 1. The highest BCUT2D eigenvalue weighted by molar-refractivity contribution is 5.66. The van der Waals surface area contributed by atoms with Gasteiger partial charge in [-0.15, -0.1) is 0 Å². The Labute approximate surface area is 92.7 Å². The number of carboxylic acid groups (broad SMARTS) is 1. The summed E-state index contributed by atoms with van der Waals surface area (Å²) in [5.41, 5.74) is 0.0947. The number of nitrogens with zero attached hydrogens (tertiary/aromatic N) is 1. The molecule has 0 aliphatic carbocycles. The fraction of sp³-hybridized carbons (Fsp3) is 0.909. The Hall–Kier alpha value is -0.610. The van der Waals surface area contributed by atoms with E-state index in [1.54, 1.807) is 0 Å². The second-order valence-electron chi connectivity index (χ2n) is 4.92. The molecule has 4 heteroatoms. The van der Waals surface area contributed by atoms with Crippen LogP contribution in [0.1, 0.15) is 33.6 Å². The lowest BCUT2D eigenvalue weighted by Crippen LogP contribution is -2.48. The normalized spacial score (nSPS) is 14.3. The molecule has 2 N–H and O–H groups in total. The van der Waals surface area contributed by atoms with E-state index in [9.17, 15) is 4.79 Å². The maximum atomic E-state index is 10.4. The monoisotopic (exact) mass is 216 g/mol. The number of likely N-dealkylation sites (N-methyl/N-ethyl adjacent to an activating group) is 1. The summed E-state index contributed by atoms with van der Waals surface area (Å²) < 4.78 is 0. The summed E-state index contributed by atoms with van der Waals surface area (Å²) in [4.78, 5) is 12.5. The second kappa shape index (κ2) is 6.08. The Bertz CT molecular complexity index is 203. The minimum absolute atomic E-state index is 0.0947. The summed E-state index contributed by atoms with van der Waals surface area (Å²) in [6.07, 6.45) is 0.912. The van der Waals surface area contributed by atoms with Crippen molar-refractivity contribution in [1.29, 1.82) is 0 Å². The van der Waals surface area contributed by atoms with Gasteiger partial charge >= 0.3 is 5.97 Å². The van der Waals surface area contributed by atoms with Gasteiger partial charge in [-0.1, -0.05) is 0 Å². The number of hydrogen-bond donors (Lipinski definition) is 2. The van der Waals surface area contributed by atoms with Crippen molar-refractivity contribution in [2.45, 2.75) is 45.2 Å². The topological polar surface area (TPSA) is 52.6 Å². The molecule has 0 saturated carbocycles. The molecule has 0 aliphatic rings. The number of rotatable bonds is 7. The largest absolute Gasteiger partial charge is 0.481 e. The van der Waals surface area contributed by atoms with Crippen LogP contribution < -0.4 is 5.32 Å². The summed E-state index contributed by atoms with van der Waals surface area (Å²) >= 11 is 0. The van der Waals surface area contributed by atoms with Crippen LogP contribution in [-0.4, -0.2) is 48.2 Å². The van der Waals surface area contributed by atoms with Gasteiger partial charge in [-0.25, -0.2) is 0 Å². The van der Waals surface area contributed by atoms with E-state index >= 15 is 0 Å². The molecule has 0 aromatic heterocycles. The quantitative estimate of drug-likeness (QED) is 0.671. The zero-order chi connectivity index (χ0) is 12.1. The summed E-state index contributed by atoms with van der Waals surface area (Å²) in [5, 5.41) is 11.9. The van der Waals surface area contributed by atoms with Gasteiger partial charge in [0.2, 0.25) is 0 Å². The van der Waals surface area contributed by atoms with Crippen molar-refractivity contribution in [2.75, 3.05) is 20.6 Å². The molecule has 0 fully saturated rings. The molecule has 0 heterocycles. The van der Waals surface area contributed by atoms with Crippen LogP contribution in [0.3, 0.4) is 0 Å². The van der Waals surface area contributed by atoms with Crippen LogP contribution in [0.2, 0.25) is 0 Å². The Morgan fingerprint density at radius 1 is 1.47 bits per heavy atom. The Kier molecular flexibility index (Phi) is 5.83. The number of carboxylic acids is 1. The lowest BCUT2D eigenvalue weighted by molar-refractivity contribution is -0.137. The molecule has 0 saturated heterocycles. The van der Waals surface area contributed by atoms with Crippen molar-refractivity contribution in [2.24, 2.45) is 0 Å². The van der Waals surface area contributed by atoms with Crippen molar-refractivity contribution in [3.05, 3.63) is 0 Å². The van der Waals surface area contributed by atoms with Crippen molar-refractivity contribution in [3.8, 4) is 0 Å². The van der Waals surface area contributed by atoms with E-state index in [2.05, 4.69) is 24.1 Å². The maximum absolute atomic E-state index is 10.4. The van der Waals surface area contributed by atoms with Crippen LogP contribution in [0, 0.1) is 0 Å². The standard InChI is InChI=1S/C11H24N2O2/c1-9(6-7-10(14)15)12-8-11(2,3)13(4)5/h9,12H,6-8H2,1-5H3,(H,14,15). The second-order valence-corrected chi connectivity index (χ2v) is 4.92. The van der Waals surface area contributed by atoms with E-state index in [1.165, 1.54) is 0 Å². The van der Waals surface area contributed by atoms with Crippen molar-refractivity contribution < 1.29 is 9.90 Å². The third-order valence-corrected chi connectivity index (χ3v) is 2.89. The van der Waals surface area contributed by atoms with E-state index in [1.807, 2.05) is 21.0 Å². The summed E-state index contributed by atoms with van der Waals surface area (Å²) in [7, 11) is 4.09. The van der Waals surface area contributed by atoms with Gasteiger partial charge in [0.05, 0.1) is 0 Å². The first-order valence-corrected chi connectivity index (χ1v) is 5.38. The third-order valence-electron chi connectivity index (χ3n) is 2.89. The van der Waals surface area contributed by atoms with E-state index in [-0.39, 0.29) is 18.0 Å². The molecule has 4 nitrogen and oxygen atoms in total. The average molecular weight is 216 g/mol. The minimum Gasteiger partial charge on any atom is -0.481 e. The molecule has 0 spiro atoms. The van der Waals surface area contributed by atoms with Gasteiger partial charge in [-0.05, 0) is 41.3 Å². The van der Waals surface area contributed by atoms with Crippen molar-refractivity contribution in [1.82, 2.24) is 10.2 Å². The smallest absolute Gasteiger partial charge is 0.303 e. The minimum atomic E-state index is -0.726. The molecule has 0 aliphatic heterocycles. The van der Waals surface area contributed by atoms with Gasteiger partial charge in [0.1, 0.15) is 0 Å². The summed E-state index contributed by atoms with van der Waals surface area (Å²) in [6, 6.07) is 0.250. The maximum Gasteiger partial charge on any atom is 0.303 e. The van der Waals surface area contributed by atoms with Gasteiger partial charge in [0.15, 0.2) is 0 Å². The molecular formula is C11H24N2O2. The molecule has 15 heavy (non-hydrogen) atoms. The predicted octanol–water partition coefficient (Wildman–Crippen LogP) is 1.17. The van der Waals surface area contributed by atoms with Crippen LogP contribution in [0.15, 0.2) is 0 Å². The lowest BCUT2D eigenvalue weighted by atomic mass is 10.0. The SMILES string of the molecule is CC(CCC(=O)O)NCC(C)(C)N(C)C. The Balaban J connectivity index is 3.79. The van der Waals surface area contributed by atoms with Crippen molar-refractivity contribution >= 4 is 5.97 Å². The highest BCUT2D eigenvalue weighted by Crippen LogP contribution is 2.08. The van der Waals surface area contributed by atoms with Crippen LogP contribution in [0.5, 0.6) is 0 Å². The molecule has 0 rings (SSSR count). The van der Waals surface area contributed by atoms with Gasteiger partial charge in [0, 0.05) is 24.5 Å². The van der Waals surface area contributed by atoms with Gasteiger partial charge < -0.3 is 15.3 Å². The molecule has 1 atom stereocenters. The van der Waals surface area contributed by atoms with Gasteiger partial charge in [-0.2, -0.15) is 0 Å². The van der Waals surface area contributed by atoms with E-state index in [0.717, 1.165) is 6.54 Å². The first kappa shape index (κ1) is 14.4. The Morgan fingerprint density at radius 3 is 2.40 bits per heavy atom. The Morgan fingerprint density at radius 2 is 2.00 bits per heavy atom. The third kappa shape index (κ3) is 6.47. The first-order chi connectivity index (χ1) is 6.75. The predicted molar refractivity (Wildman–Crippen MR) is 62.1 cm³/mol. The van der Waals surface area contributed by atoms with Crippen LogP contribution in [-0.2, 0) is 4.79 Å². The zero-order valence-electron chi connectivity index (χ0n) is 10.5. The fourth-order valence-electron chi connectivity index (χ4n) is 1.02. The molecule has 0 radical (unpaired) electrons. The van der Waals surface area contributed by atoms with E-state index in [4.69, 9.17) is 5.11 Å². The molecule has 0 aromatic rings. The number of aliphatic carboxylic acids is 1. The highest BCUT2D eigenvalue weighted by Gasteiger charge is 2.20. The highest BCUT2D eigenvalue weighted by atomic mass is 16.4. The molecule has 0 aromatic carbocycles. The molecule has 90 valence electrons. The molecular weight excluding hydrogens is 192 g/mol. The van der Waals surface area contributed by atoms with E-state index < -0.39 is 5.97 Å². The molecule has 0 bridgehead atoms. The van der Waals surface area contributed by atoms with Crippen LogP contribution in [0.25, 0.3) is 0 Å². The summed E-state index contributed by atoms with van der Waals surface area (Å²) in [6.45, 7) is 7.20. The number of hydrogen-bond acceptors (Lipinski definition) is 3. The lowest BCUT2D eigenvalue weighted by Gasteiger charge is -2.34. The van der Waals surface area contributed by atoms with Gasteiger partial charge in [-0.3, -0.25) is 4.79 Å². The zero-order valence-corrected chi connectivity index (χ0v) is 10.5. The van der Waals surface area contributed by atoms with Crippen molar-refractivity contribution in [3.63, 3.8) is 0 Å². The number of nitrogens with one attached hydrogen (secondary N) is 1. The first-order valence-electron chi connectivity index (χ1n) is 5.38. The molecule has 0 amide bonds. The summed E-state index contributed by atoms with van der Waals surface area (Å²) in [5.74, 6) is -0.726. The molecule has 1 unspecified atom stereocenters. The van der Waals surface area contributed by atoms with Gasteiger partial charge in [0.25, 0.3) is 0 Å². The van der Waals surface area contributed by atoms with E-state index in [0.29, 0.717) is 6.42 Å². The van der Waals surface area contributed by atoms with Crippen LogP contribution in [0.4, 0.5) is 0 Å². The average Bonchev–Trinajstić information content (AvgIpc) is 2.11. The van der Waals surface area contributed by atoms with Crippen LogP contribution >= 0.6 is 0 Å². The fourth-order valence-corrected chi connectivity index (χ4v) is 1.02.